The summed E-state index contributed by atoms with van der Waals surface area (Å²) in [6, 6.07) is 6.00. The number of imidazole rings is 1. The molecule has 0 atom stereocenters. The lowest BCUT2D eigenvalue weighted by Crippen LogP contribution is -2.24. The molecule has 0 unspecified atom stereocenters. The Balaban J connectivity index is 1.35. The van der Waals surface area contributed by atoms with Gasteiger partial charge < -0.3 is 10.3 Å². The number of pyridine rings is 1. The summed E-state index contributed by atoms with van der Waals surface area (Å²) >= 11 is 1.66. The van der Waals surface area contributed by atoms with Crippen molar-refractivity contribution in [3.63, 3.8) is 0 Å². The van der Waals surface area contributed by atoms with E-state index in [1.165, 1.54) is 12.8 Å². The second-order valence-electron chi connectivity index (χ2n) is 5.62. The first-order chi connectivity index (χ1) is 10.8. The fourth-order valence-corrected chi connectivity index (χ4v) is 3.42. The lowest BCUT2D eigenvalue weighted by Gasteiger charge is -2.01. The highest BCUT2D eigenvalue weighted by Crippen LogP contribution is 2.38. The number of amides is 1. The zero-order chi connectivity index (χ0) is 14.9. The monoisotopic (exact) mass is 312 g/mol. The highest BCUT2D eigenvalue weighted by molar-refractivity contribution is 7.19. The number of nitrogens with one attached hydrogen (secondary N) is 2. The fourth-order valence-electron chi connectivity index (χ4n) is 2.46. The van der Waals surface area contributed by atoms with Crippen LogP contribution in [-0.4, -0.2) is 20.9 Å². The highest BCUT2D eigenvalue weighted by Gasteiger charge is 2.26. The summed E-state index contributed by atoms with van der Waals surface area (Å²) < 4.78 is 1.15. The van der Waals surface area contributed by atoms with Gasteiger partial charge in [-0.05, 0) is 31.0 Å². The Morgan fingerprint density at radius 2 is 2.32 bits per heavy atom. The van der Waals surface area contributed by atoms with E-state index in [2.05, 4.69) is 20.3 Å². The molecule has 112 valence electrons. The van der Waals surface area contributed by atoms with Crippen LogP contribution in [0.2, 0.25) is 0 Å². The molecule has 1 fully saturated rings. The van der Waals surface area contributed by atoms with Gasteiger partial charge in [0.2, 0.25) is 5.91 Å². The van der Waals surface area contributed by atoms with Crippen molar-refractivity contribution >= 4 is 27.5 Å². The first-order valence-corrected chi connectivity index (χ1v) is 8.23. The molecule has 3 aromatic heterocycles. The minimum Gasteiger partial charge on any atom is -0.351 e. The maximum atomic E-state index is 12.0. The highest BCUT2D eigenvalue weighted by atomic mass is 32.1. The van der Waals surface area contributed by atoms with E-state index >= 15 is 0 Å². The molecule has 0 aromatic carbocycles. The third-order valence-corrected chi connectivity index (χ3v) is 4.85. The second-order valence-corrected chi connectivity index (χ2v) is 6.79. The Morgan fingerprint density at radius 3 is 3.14 bits per heavy atom. The fraction of sp³-hybridized carbons (Fsp3) is 0.312. The summed E-state index contributed by atoms with van der Waals surface area (Å²) in [7, 11) is 0. The summed E-state index contributed by atoms with van der Waals surface area (Å²) in [5, 5.41) is 2.96. The number of rotatable bonds is 5. The van der Waals surface area contributed by atoms with Gasteiger partial charge in [-0.1, -0.05) is 0 Å². The maximum Gasteiger partial charge on any atom is 0.226 e. The van der Waals surface area contributed by atoms with Gasteiger partial charge in [-0.2, -0.15) is 0 Å². The molecule has 0 radical (unpaired) electrons. The maximum absolute atomic E-state index is 12.0. The van der Waals surface area contributed by atoms with Crippen molar-refractivity contribution in [3.8, 4) is 0 Å². The lowest BCUT2D eigenvalue weighted by molar-refractivity contribution is -0.120. The average molecular weight is 312 g/mol. The number of carbonyl (C=O) groups is 1. The molecule has 3 aromatic rings. The van der Waals surface area contributed by atoms with Crippen molar-refractivity contribution in [1.29, 1.82) is 0 Å². The SMILES string of the molecule is O=C(Cc1cnc(C2CC2)[nH]1)NCc1cc2ncccc2s1. The van der Waals surface area contributed by atoms with Gasteiger partial charge in [-0.15, -0.1) is 11.3 Å². The minimum absolute atomic E-state index is 0.0106. The largest absolute Gasteiger partial charge is 0.351 e. The van der Waals surface area contributed by atoms with Crippen molar-refractivity contribution in [1.82, 2.24) is 20.3 Å². The molecule has 1 saturated carbocycles. The predicted octanol–water partition coefficient (Wildman–Crippen LogP) is 2.76. The minimum atomic E-state index is 0.0106. The number of aromatic amines is 1. The first kappa shape index (κ1) is 13.5. The molecule has 2 N–H and O–H groups in total. The number of fused-ring (bicyclic) bond motifs is 1. The van der Waals surface area contributed by atoms with Gasteiger partial charge in [0.05, 0.1) is 23.2 Å². The van der Waals surface area contributed by atoms with Crippen molar-refractivity contribution < 1.29 is 4.79 Å². The Kier molecular flexibility index (Phi) is 3.38. The number of aromatic nitrogens is 3. The summed E-state index contributed by atoms with van der Waals surface area (Å²) in [6.07, 6.45) is 6.32. The van der Waals surface area contributed by atoms with E-state index in [-0.39, 0.29) is 5.91 Å². The summed E-state index contributed by atoms with van der Waals surface area (Å²) in [6.45, 7) is 0.545. The van der Waals surface area contributed by atoms with Crippen molar-refractivity contribution in [3.05, 3.63) is 47.0 Å². The standard InChI is InChI=1S/C16H16N4OS/c21-15(6-11-8-19-16(20-11)10-3-4-10)18-9-12-7-13-14(22-12)2-1-5-17-13/h1-2,5,7-8,10H,3-4,6,9H2,(H,18,21)(H,19,20). The van der Waals surface area contributed by atoms with Crippen LogP contribution in [0.5, 0.6) is 0 Å². The molecular formula is C16H16N4OS. The van der Waals surface area contributed by atoms with E-state index in [0.29, 0.717) is 18.9 Å². The van der Waals surface area contributed by atoms with Gasteiger partial charge in [0.1, 0.15) is 5.82 Å². The predicted molar refractivity (Wildman–Crippen MR) is 85.7 cm³/mol. The Bertz CT molecular complexity index is 785. The average Bonchev–Trinajstić information content (AvgIpc) is 3.12. The number of H-pyrrole nitrogens is 1. The molecule has 22 heavy (non-hydrogen) atoms. The number of hydrogen-bond donors (Lipinski definition) is 2. The van der Waals surface area contributed by atoms with Gasteiger partial charge in [0.25, 0.3) is 0 Å². The number of hydrogen-bond acceptors (Lipinski definition) is 4. The topological polar surface area (TPSA) is 70.7 Å². The molecular weight excluding hydrogens is 296 g/mol. The Morgan fingerprint density at radius 1 is 1.41 bits per heavy atom. The van der Waals surface area contributed by atoms with Crippen molar-refractivity contribution in [2.45, 2.75) is 31.7 Å². The van der Waals surface area contributed by atoms with Crippen LogP contribution in [0.3, 0.4) is 0 Å². The first-order valence-electron chi connectivity index (χ1n) is 7.42. The van der Waals surface area contributed by atoms with Crippen LogP contribution >= 0.6 is 11.3 Å². The van der Waals surface area contributed by atoms with Crippen molar-refractivity contribution in [2.75, 3.05) is 0 Å². The lowest BCUT2D eigenvalue weighted by atomic mass is 10.3. The smallest absolute Gasteiger partial charge is 0.226 e. The quantitative estimate of drug-likeness (QED) is 0.761. The second kappa shape index (κ2) is 5.53. The number of carbonyl (C=O) groups excluding carboxylic acids is 1. The van der Waals surface area contributed by atoms with Gasteiger partial charge in [0, 0.05) is 28.9 Å². The zero-order valence-corrected chi connectivity index (χ0v) is 12.8. The summed E-state index contributed by atoms with van der Waals surface area (Å²) in [5.74, 6) is 1.62. The summed E-state index contributed by atoms with van der Waals surface area (Å²) in [5.41, 5.74) is 1.87. The van der Waals surface area contributed by atoms with Crippen LogP contribution in [0, 0.1) is 0 Å². The van der Waals surface area contributed by atoms with E-state index in [1.807, 2.05) is 18.2 Å². The molecule has 1 amide bonds. The van der Waals surface area contributed by atoms with Crippen LogP contribution in [0.25, 0.3) is 10.2 Å². The molecule has 0 bridgehead atoms. The number of thiophene rings is 1. The van der Waals surface area contributed by atoms with Gasteiger partial charge in [-0.25, -0.2) is 4.98 Å². The molecule has 0 saturated heterocycles. The van der Waals surface area contributed by atoms with Crippen LogP contribution < -0.4 is 5.32 Å². The van der Waals surface area contributed by atoms with Gasteiger partial charge in [0.15, 0.2) is 0 Å². The Labute approximate surface area is 131 Å². The van der Waals surface area contributed by atoms with E-state index in [0.717, 1.165) is 26.6 Å². The Hall–Kier alpha value is -2.21. The van der Waals surface area contributed by atoms with E-state index in [9.17, 15) is 4.79 Å². The van der Waals surface area contributed by atoms with Gasteiger partial charge in [-0.3, -0.25) is 9.78 Å². The van der Waals surface area contributed by atoms with E-state index in [1.54, 1.807) is 23.7 Å². The zero-order valence-electron chi connectivity index (χ0n) is 12.0. The van der Waals surface area contributed by atoms with Crippen LogP contribution in [0.4, 0.5) is 0 Å². The van der Waals surface area contributed by atoms with Gasteiger partial charge >= 0.3 is 0 Å². The third-order valence-electron chi connectivity index (χ3n) is 3.76. The molecule has 4 rings (SSSR count). The van der Waals surface area contributed by atoms with E-state index < -0.39 is 0 Å². The molecule has 5 nitrogen and oxygen atoms in total. The van der Waals surface area contributed by atoms with E-state index in [4.69, 9.17) is 0 Å². The summed E-state index contributed by atoms with van der Waals surface area (Å²) in [4.78, 5) is 25.0. The molecule has 0 spiro atoms. The van der Waals surface area contributed by atoms with Crippen LogP contribution in [0.15, 0.2) is 30.6 Å². The molecule has 1 aliphatic rings. The third kappa shape index (κ3) is 2.87. The number of nitrogens with zero attached hydrogens (tertiary/aromatic N) is 2. The molecule has 0 aliphatic heterocycles. The molecule has 3 heterocycles. The van der Waals surface area contributed by atoms with Crippen LogP contribution in [0.1, 0.15) is 35.2 Å². The van der Waals surface area contributed by atoms with Crippen LogP contribution in [-0.2, 0) is 17.8 Å². The molecule has 6 heteroatoms. The molecule has 1 aliphatic carbocycles. The normalized spacial score (nSPS) is 14.4. The van der Waals surface area contributed by atoms with Crippen molar-refractivity contribution in [2.24, 2.45) is 0 Å².